The monoisotopic (exact) mass is 374 g/mol. The maximum atomic E-state index is 11.5. The van der Waals surface area contributed by atoms with Gasteiger partial charge in [0, 0.05) is 43.5 Å². The van der Waals surface area contributed by atoms with Crippen molar-refractivity contribution in [3.8, 4) is 28.7 Å². The molecule has 8 nitrogen and oxygen atoms in total. The van der Waals surface area contributed by atoms with Crippen LogP contribution in [0.25, 0.3) is 0 Å². The minimum atomic E-state index is -0.806. The fraction of sp³-hybridized carbons (Fsp3) is 0.263. The highest BCUT2D eigenvalue weighted by Crippen LogP contribution is 2.44. The number of hydrogen-bond acceptors (Lipinski definition) is 8. The smallest absolute Gasteiger partial charge is 0.308 e. The summed E-state index contributed by atoms with van der Waals surface area (Å²) in [5, 5.41) is 29.2. The minimum absolute atomic E-state index is 0.113. The van der Waals surface area contributed by atoms with Crippen molar-refractivity contribution in [1.29, 1.82) is 0 Å². The molecule has 1 heterocycles. The lowest BCUT2D eigenvalue weighted by molar-refractivity contribution is -0.152. The number of carbonyl (C=O) groups excluding carboxylic acids is 2. The standard InChI is InChI=1S/C19H18O8/c1-9(20)25-16-6-12(22)7-17-13(16)8-18(26-10(2)21)19(27-17)11-3-4-14(23)15(24)5-11/h3-7,18-19,22-24H,8H2,1-2H3/t18-,19-/m1/s1. The number of phenols is 3. The van der Waals surface area contributed by atoms with Crippen LogP contribution in [0.4, 0.5) is 0 Å². The van der Waals surface area contributed by atoms with Crippen molar-refractivity contribution in [2.24, 2.45) is 0 Å². The number of rotatable bonds is 3. The van der Waals surface area contributed by atoms with Crippen molar-refractivity contribution in [2.75, 3.05) is 0 Å². The molecule has 3 N–H and O–H groups in total. The zero-order valence-electron chi connectivity index (χ0n) is 14.6. The van der Waals surface area contributed by atoms with E-state index in [1.807, 2.05) is 0 Å². The van der Waals surface area contributed by atoms with Gasteiger partial charge in [-0.15, -0.1) is 0 Å². The molecule has 0 aromatic heterocycles. The highest BCUT2D eigenvalue weighted by Gasteiger charge is 2.36. The first-order valence-corrected chi connectivity index (χ1v) is 8.14. The highest BCUT2D eigenvalue weighted by atomic mass is 16.6. The summed E-state index contributed by atoms with van der Waals surface area (Å²) in [6.45, 7) is 2.48. The van der Waals surface area contributed by atoms with Crippen LogP contribution in [0.1, 0.15) is 31.1 Å². The molecule has 27 heavy (non-hydrogen) atoms. The molecule has 0 radical (unpaired) electrons. The lowest BCUT2D eigenvalue weighted by Gasteiger charge is -2.34. The van der Waals surface area contributed by atoms with Crippen molar-refractivity contribution in [3.63, 3.8) is 0 Å². The molecule has 0 bridgehead atoms. The second-order valence-corrected chi connectivity index (χ2v) is 6.15. The molecule has 2 aromatic carbocycles. The molecule has 0 spiro atoms. The summed E-state index contributed by atoms with van der Waals surface area (Å²) in [6.07, 6.45) is -1.43. The quantitative estimate of drug-likeness (QED) is 0.425. The first-order valence-electron chi connectivity index (χ1n) is 8.14. The molecule has 0 saturated heterocycles. The molecule has 1 aliphatic rings. The maximum absolute atomic E-state index is 11.5. The van der Waals surface area contributed by atoms with Crippen LogP contribution in [0.5, 0.6) is 28.7 Å². The Hall–Kier alpha value is -3.42. The number of fused-ring (bicyclic) bond motifs is 1. The molecule has 1 aliphatic heterocycles. The van der Waals surface area contributed by atoms with Gasteiger partial charge >= 0.3 is 11.9 Å². The van der Waals surface area contributed by atoms with Gasteiger partial charge in [-0.05, 0) is 12.1 Å². The van der Waals surface area contributed by atoms with Crippen molar-refractivity contribution in [2.45, 2.75) is 32.5 Å². The molecule has 142 valence electrons. The van der Waals surface area contributed by atoms with Crippen molar-refractivity contribution in [1.82, 2.24) is 0 Å². The summed E-state index contributed by atoms with van der Waals surface area (Å²) in [7, 11) is 0. The molecule has 2 atom stereocenters. The topological polar surface area (TPSA) is 123 Å². The summed E-state index contributed by atoms with van der Waals surface area (Å²) >= 11 is 0. The van der Waals surface area contributed by atoms with Crippen LogP contribution < -0.4 is 9.47 Å². The predicted molar refractivity (Wildman–Crippen MR) is 91.8 cm³/mol. The number of hydrogen-bond donors (Lipinski definition) is 3. The summed E-state index contributed by atoms with van der Waals surface area (Å²) in [6, 6.07) is 6.76. The lowest BCUT2D eigenvalue weighted by Crippen LogP contribution is -2.34. The van der Waals surface area contributed by atoms with Gasteiger partial charge in [0.25, 0.3) is 0 Å². The first-order chi connectivity index (χ1) is 12.7. The molecular weight excluding hydrogens is 356 g/mol. The Bertz CT molecular complexity index is 905. The number of benzene rings is 2. The average molecular weight is 374 g/mol. The Morgan fingerprint density at radius 2 is 1.78 bits per heavy atom. The van der Waals surface area contributed by atoms with E-state index in [9.17, 15) is 24.9 Å². The first kappa shape index (κ1) is 18.4. The van der Waals surface area contributed by atoms with Gasteiger partial charge in [0.05, 0.1) is 0 Å². The summed E-state index contributed by atoms with van der Waals surface area (Å²) in [5.41, 5.74) is 0.924. The summed E-state index contributed by atoms with van der Waals surface area (Å²) in [5.74, 6) is -1.55. The van der Waals surface area contributed by atoms with Gasteiger partial charge in [-0.3, -0.25) is 9.59 Å². The van der Waals surface area contributed by atoms with E-state index in [0.29, 0.717) is 11.1 Å². The molecule has 0 aliphatic carbocycles. The molecule has 8 heteroatoms. The van der Waals surface area contributed by atoms with Gasteiger partial charge in [0.1, 0.15) is 23.4 Å². The van der Waals surface area contributed by atoms with E-state index >= 15 is 0 Å². The van der Waals surface area contributed by atoms with Crippen LogP contribution in [-0.2, 0) is 20.7 Å². The van der Waals surface area contributed by atoms with Gasteiger partial charge in [-0.2, -0.15) is 0 Å². The zero-order valence-corrected chi connectivity index (χ0v) is 14.6. The van der Waals surface area contributed by atoms with E-state index in [2.05, 4.69) is 0 Å². The van der Waals surface area contributed by atoms with Gasteiger partial charge < -0.3 is 29.5 Å². The van der Waals surface area contributed by atoms with E-state index in [4.69, 9.17) is 14.2 Å². The second kappa shape index (κ2) is 7.06. The Labute approximate surface area is 154 Å². The molecule has 2 aromatic rings. The summed E-state index contributed by atoms with van der Waals surface area (Å²) in [4.78, 5) is 22.9. The average Bonchev–Trinajstić information content (AvgIpc) is 2.56. The zero-order chi connectivity index (χ0) is 19.7. The Kier molecular flexibility index (Phi) is 4.81. The summed E-state index contributed by atoms with van der Waals surface area (Å²) < 4.78 is 16.4. The number of aromatic hydroxyl groups is 3. The molecular formula is C19H18O8. The maximum Gasteiger partial charge on any atom is 0.308 e. The normalized spacial score (nSPS) is 18.1. The Morgan fingerprint density at radius 1 is 1.04 bits per heavy atom. The third-order valence-electron chi connectivity index (χ3n) is 4.05. The van der Waals surface area contributed by atoms with Crippen LogP contribution in [0.15, 0.2) is 30.3 Å². The fourth-order valence-corrected chi connectivity index (χ4v) is 3.00. The fourth-order valence-electron chi connectivity index (χ4n) is 3.00. The Balaban J connectivity index is 2.05. The van der Waals surface area contributed by atoms with Crippen LogP contribution >= 0.6 is 0 Å². The Morgan fingerprint density at radius 3 is 2.41 bits per heavy atom. The second-order valence-electron chi connectivity index (χ2n) is 6.15. The number of esters is 2. The highest BCUT2D eigenvalue weighted by molar-refractivity contribution is 5.71. The molecule has 3 rings (SSSR count). The van der Waals surface area contributed by atoms with Crippen molar-refractivity contribution < 1.29 is 39.1 Å². The van der Waals surface area contributed by atoms with E-state index < -0.39 is 24.1 Å². The SMILES string of the molecule is CC(=O)Oc1cc(O)cc2c1C[C@@H](OC(C)=O)[C@@H](c1ccc(O)c(O)c1)O2. The molecule has 0 amide bonds. The number of carbonyl (C=O) groups is 2. The van der Waals surface area contributed by atoms with Gasteiger partial charge in [0.2, 0.25) is 0 Å². The molecule has 0 fully saturated rings. The van der Waals surface area contributed by atoms with Gasteiger partial charge in [-0.1, -0.05) is 6.07 Å². The minimum Gasteiger partial charge on any atom is -0.508 e. The number of phenolic OH excluding ortho intramolecular Hbond substituents is 3. The van der Waals surface area contributed by atoms with Crippen molar-refractivity contribution >= 4 is 11.9 Å². The van der Waals surface area contributed by atoms with E-state index in [-0.39, 0.29) is 35.2 Å². The van der Waals surface area contributed by atoms with Crippen LogP contribution in [0.2, 0.25) is 0 Å². The number of ether oxygens (including phenoxy) is 3. The third kappa shape index (κ3) is 3.89. The lowest BCUT2D eigenvalue weighted by atomic mass is 9.93. The predicted octanol–water partition coefficient (Wildman–Crippen LogP) is 2.34. The van der Waals surface area contributed by atoms with Crippen LogP contribution in [0, 0.1) is 0 Å². The van der Waals surface area contributed by atoms with E-state index in [0.717, 1.165) is 0 Å². The third-order valence-corrected chi connectivity index (χ3v) is 4.05. The molecule has 0 unspecified atom stereocenters. The van der Waals surface area contributed by atoms with E-state index in [1.54, 1.807) is 0 Å². The van der Waals surface area contributed by atoms with Crippen LogP contribution in [0.3, 0.4) is 0 Å². The molecule has 0 saturated carbocycles. The van der Waals surface area contributed by atoms with Crippen molar-refractivity contribution in [3.05, 3.63) is 41.5 Å². The van der Waals surface area contributed by atoms with Crippen LogP contribution in [-0.4, -0.2) is 33.4 Å². The van der Waals surface area contributed by atoms with Gasteiger partial charge in [0.15, 0.2) is 17.6 Å². The van der Waals surface area contributed by atoms with Gasteiger partial charge in [-0.25, -0.2) is 0 Å². The van der Waals surface area contributed by atoms with E-state index in [1.165, 1.54) is 44.2 Å². The largest absolute Gasteiger partial charge is 0.508 e.